The standard InChI is InChI=1S/C15H25NO2/c1-5-11-18-13-10-8-7-9-12(13)14(16)15(3,6-2)17-4/h7-10,14H,5-6,11,16H2,1-4H3. The SMILES string of the molecule is CCCOc1ccccc1C(N)C(C)(CC)OC. The molecule has 102 valence electrons. The van der Waals surface area contributed by atoms with Crippen molar-refractivity contribution in [2.24, 2.45) is 5.73 Å². The van der Waals surface area contributed by atoms with Crippen LogP contribution in [-0.2, 0) is 4.74 Å². The van der Waals surface area contributed by atoms with Crippen LogP contribution in [0.3, 0.4) is 0 Å². The van der Waals surface area contributed by atoms with Crippen LogP contribution in [0.2, 0.25) is 0 Å². The van der Waals surface area contributed by atoms with Gasteiger partial charge in [-0.3, -0.25) is 0 Å². The molecule has 18 heavy (non-hydrogen) atoms. The predicted octanol–water partition coefficient (Wildman–Crippen LogP) is 3.29. The molecule has 0 fully saturated rings. The summed E-state index contributed by atoms with van der Waals surface area (Å²) in [6.45, 7) is 6.92. The molecule has 0 aliphatic carbocycles. The maximum absolute atomic E-state index is 6.36. The van der Waals surface area contributed by atoms with Gasteiger partial charge < -0.3 is 15.2 Å². The van der Waals surface area contributed by atoms with Crippen molar-refractivity contribution in [3.05, 3.63) is 29.8 Å². The normalized spacial score (nSPS) is 16.1. The first-order valence-electron chi connectivity index (χ1n) is 6.61. The van der Waals surface area contributed by atoms with Gasteiger partial charge in [-0.2, -0.15) is 0 Å². The van der Waals surface area contributed by atoms with Crippen molar-refractivity contribution < 1.29 is 9.47 Å². The van der Waals surface area contributed by atoms with Crippen LogP contribution in [0.15, 0.2) is 24.3 Å². The Morgan fingerprint density at radius 3 is 2.50 bits per heavy atom. The Balaban J connectivity index is 3.00. The van der Waals surface area contributed by atoms with Crippen LogP contribution >= 0.6 is 0 Å². The number of hydrogen-bond donors (Lipinski definition) is 1. The monoisotopic (exact) mass is 251 g/mol. The van der Waals surface area contributed by atoms with E-state index in [4.69, 9.17) is 15.2 Å². The second-order valence-electron chi connectivity index (χ2n) is 4.73. The van der Waals surface area contributed by atoms with Crippen molar-refractivity contribution in [2.75, 3.05) is 13.7 Å². The zero-order valence-electron chi connectivity index (χ0n) is 11.9. The van der Waals surface area contributed by atoms with Gasteiger partial charge in [0.1, 0.15) is 5.75 Å². The number of rotatable bonds is 7. The molecule has 1 rings (SSSR count). The third-order valence-electron chi connectivity index (χ3n) is 3.54. The fourth-order valence-corrected chi connectivity index (χ4v) is 1.90. The molecule has 0 saturated heterocycles. The van der Waals surface area contributed by atoms with Crippen molar-refractivity contribution in [3.8, 4) is 5.75 Å². The number of benzene rings is 1. The molecule has 2 atom stereocenters. The van der Waals surface area contributed by atoms with E-state index < -0.39 is 0 Å². The minimum absolute atomic E-state index is 0.194. The lowest BCUT2D eigenvalue weighted by molar-refractivity contribution is -0.0200. The predicted molar refractivity (Wildman–Crippen MR) is 74.9 cm³/mol. The van der Waals surface area contributed by atoms with E-state index in [0.29, 0.717) is 6.61 Å². The van der Waals surface area contributed by atoms with Gasteiger partial charge in [0.05, 0.1) is 18.2 Å². The summed E-state index contributed by atoms with van der Waals surface area (Å²) in [5, 5.41) is 0. The highest BCUT2D eigenvalue weighted by atomic mass is 16.5. The molecule has 0 spiro atoms. The number of para-hydroxylation sites is 1. The summed E-state index contributed by atoms with van der Waals surface area (Å²) >= 11 is 0. The highest BCUT2D eigenvalue weighted by Crippen LogP contribution is 2.34. The van der Waals surface area contributed by atoms with E-state index in [1.54, 1.807) is 7.11 Å². The minimum atomic E-state index is -0.369. The van der Waals surface area contributed by atoms with Gasteiger partial charge in [-0.05, 0) is 25.8 Å². The highest BCUT2D eigenvalue weighted by Gasteiger charge is 2.32. The molecule has 1 aromatic carbocycles. The molecule has 2 unspecified atom stereocenters. The Bertz CT molecular complexity index is 361. The van der Waals surface area contributed by atoms with Crippen LogP contribution in [0.25, 0.3) is 0 Å². The van der Waals surface area contributed by atoms with E-state index in [1.165, 1.54) is 0 Å². The molecule has 1 aromatic rings. The van der Waals surface area contributed by atoms with Gasteiger partial charge in [-0.15, -0.1) is 0 Å². The van der Waals surface area contributed by atoms with Gasteiger partial charge in [-0.25, -0.2) is 0 Å². The summed E-state index contributed by atoms with van der Waals surface area (Å²) in [5.74, 6) is 0.864. The van der Waals surface area contributed by atoms with E-state index in [2.05, 4.69) is 13.8 Å². The molecule has 2 N–H and O–H groups in total. The van der Waals surface area contributed by atoms with Crippen molar-refractivity contribution in [2.45, 2.75) is 45.3 Å². The molecule has 0 bridgehead atoms. The van der Waals surface area contributed by atoms with Crippen LogP contribution < -0.4 is 10.5 Å². The lowest BCUT2D eigenvalue weighted by atomic mass is 9.88. The fraction of sp³-hybridized carbons (Fsp3) is 0.600. The largest absolute Gasteiger partial charge is 0.493 e. The van der Waals surface area contributed by atoms with Crippen molar-refractivity contribution in [1.82, 2.24) is 0 Å². The molecule has 0 radical (unpaired) electrons. The number of hydrogen-bond acceptors (Lipinski definition) is 3. The molecule has 0 aromatic heterocycles. The molecule has 0 saturated carbocycles. The smallest absolute Gasteiger partial charge is 0.124 e. The maximum Gasteiger partial charge on any atom is 0.124 e. The third kappa shape index (κ3) is 3.24. The number of methoxy groups -OCH3 is 1. The molecule has 0 amide bonds. The molecule has 3 heteroatoms. The first-order valence-corrected chi connectivity index (χ1v) is 6.61. The molecule has 0 heterocycles. The zero-order chi connectivity index (χ0) is 13.6. The van der Waals surface area contributed by atoms with Gasteiger partial charge in [-0.1, -0.05) is 32.0 Å². The third-order valence-corrected chi connectivity index (χ3v) is 3.54. The Morgan fingerprint density at radius 2 is 1.94 bits per heavy atom. The quantitative estimate of drug-likeness (QED) is 0.808. The van der Waals surface area contributed by atoms with Gasteiger partial charge in [0, 0.05) is 12.7 Å². The molecular weight excluding hydrogens is 226 g/mol. The van der Waals surface area contributed by atoms with Crippen LogP contribution in [0.1, 0.15) is 45.2 Å². The van der Waals surface area contributed by atoms with Crippen LogP contribution in [-0.4, -0.2) is 19.3 Å². The first-order chi connectivity index (χ1) is 8.59. The maximum atomic E-state index is 6.36. The minimum Gasteiger partial charge on any atom is -0.493 e. The van der Waals surface area contributed by atoms with Gasteiger partial charge >= 0.3 is 0 Å². The summed E-state index contributed by atoms with van der Waals surface area (Å²) in [5.41, 5.74) is 7.00. The first kappa shape index (κ1) is 15.0. The van der Waals surface area contributed by atoms with Gasteiger partial charge in [0.15, 0.2) is 0 Å². The summed E-state index contributed by atoms with van der Waals surface area (Å²) in [6.07, 6.45) is 1.84. The van der Waals surface area contributed by atoms with Crippen LogP contribution in [0.5, 0.6) is 5.75 Å². The molecule has 0 aliphatic heterocycles. The van der Waals surface area contributed by atoms with Crippen molar-refractivity contribution >= 4 is 0 Å². The summed E-state index contributed by atoms with van der Waals surface area (Å²) in [6, 6.07) is 7.75. The molecule has 0 aliphatic rings. The number of ether oxygens (including phenoxy) is 2. The Morgan fingerprint density at radius 1 is 1.28 bits per heavy atom. The molecular formula is C15H25NO2. The zero-order valence-corrected chi connectivity index (χ0v) is 11.9. The van der Waals surface area contributed by atoms with Crippen LogP contribution in [0.4, 0.5) is 0 Å². The van der Waals surface area contributed by atoms with E-state index in [0.717, 1.165) is 24.2 Å². The van der Waals surface area contributed by atoms with E-state index >= 15 is 0 Å². The summed E-state index contributed by atoms with van der Waals surface area (Å²) in [4.78, 5) is 0. The average Bonchev–Trinajstić information content (AvgIpc) is 2.43. The van der Waals surface area contributed by atoms with E-state index in [1.807, 2.05) is 31.2 Å². The van der Waals surface area contributed by atoms with Crippen molar-refractivity contribution in [3.63, 3.8) is 0 Å². The van der Waals surface area contributed by atoms with Crippen molar-refractivity contribution in [1.29, 1.82) is 0 Å². The second-order valence-corrected chi connectivity index (χ2v) is 4.73. The lowest BCUT2D eigenvalue weighted by Crippen LogP contribution is -2.39. The van der Waals surface area contributed by atoms with E-state index in [9.17, 15) is 0 Å². The molecule has 3 nitrogen and oxygen atoms in total. The summed E-state index contributed by atoms with van der Waals surface area (Å²) in [7, 11) is 1.71. The van der Waals surface area contributed by atoms with E-state index in [-0.39, 0.29) is 11.6 Å². The Hall–Kier alpha value is -1.06. The highest BCUT2D eigenvalue weighted by molar-refractivity contribution is 5.37. The fourth-order valence-electron chi connectivity index (χ4n) is 1.90. The number of nitrogens with two attached hydrogens (primary N) is 1. The lowest BCUT2D eigenvalue weighted by Gasteiger charge is -2.34. The summed E-state index contributed by atoms with van der Waals surface area (Å²) < 4.78 is 11.3. The second kappa shape index (κ2) is 6.76. The Labute approximate surface area is 110 Å². The van der Waals surface area contributed by atoms with Gasteiger partial charge in [0.2, 0.25) is 0 Å². The average molecular weight is 251 g/mol. The van der Waals surface area contributed by atoms with Crippen LogP contribution in [0, 0.1) is 0 Å². The topological polar surface area (TPSA) is 44.5 Å². The van der Waals surface area contributed by atoms with Gasteiger partial charge in [0.25, 0.3) is 0 Å². The Kier molecular flexibility index (Phi) is 5.63.